The molecular formula is C30H29N2O8S-. The Bertz CT molecular complexity index is 1640. The van der Waals surface area contributed by atoms with E-state index >= 15 is 0 Å². The van der Waals surface area contributed by atoms with Crippen molar-refractivity contribution in [2.45, 2.75) is 33.7 Å². The average molecular weight is 578 g/mol. The number of carbonyl (C=O) groups excluding carboxylic acids is 3. The number of esters is 1. The second-order valence-corrected chi connectivity index (χ2v) is 10.6. The van der Waals surface area contributed by atoms with E-state index in [1.165, 1.54) is 20.1 Å². The topological polar surface area (TPSA) is 149 Å². The van der Waals surface area contributed by atoms with Crippen LogP contribution in [0.3, 0.4) is 0 Å². The van der Waals surface area contributed by atoms with Crippen molar-refractivity contribution in [2.75, 3.05) is 16.7 Å². The minimum atomic E-state index is -2.71. The lowest BCUT2D eigenvalue weighted by molar-refractivity contribution is -0.143. The van der Waals surface area contributed by atoms with Gasteiger partial charge in [0.2, 0.25) is 0 Å². The SMILES string of the molecule is COC(=O)C(C(C)C)N(c1ccc(-c2ccc(NC(=O)c3oc4ccc(C(C)=O)c(O)c4c3C)cc2)cc1)S(=O)[O-]. The number of Topliss-reactive ketones (excluding diaryl/α,β-unsaturated/α-hetero) is 1. The minimum Gasteiger partial charge on any atom is -0.755 e. The van der Waals surface area contributed by atoms with Gasteiger partial charge in [0, 0.05) is 28.2 Å². The molecule has 41 heavy (non-hydrogen) atoms. The Kier molecular flexibility index (Phi) is 8.60. The Morgan fingerprint density at radius 1 is 1.00 bits per heavy atom. The van der Waals surface area contributed by atoms with Gasteiger partial charge in [-0.1, -0.05) is 38.1 Å². The standard InChI is InChI=1S/C30H30N2O8S/c1-16(2)26(30(36)39-5)32(41(37)38)22-12-8-20(9-13-22)19-6-10-21(11-7-19)31-29(35)28-17(3)25-24(40-28)15-14-23(18(4)33)27(25)34/h6-16,26,34H,1-5H3,(H,31,35)(H,37,38)/p-1. The summed E-state index contributed by atoms with van der Waals surface area (Å²) in [5.41, 5.74) is 3.25. The summed E-state index contributed by atoms with van der Waals surface area (Å²) < 4.78 is 35.6. The van der Waals surface area contributed by atoms with Gasteiger partial charge in [0.05, 0.1) is 18.1 Å². The molecule has 2 unspecified atom stereocenters. The van der Waals surface area contributed by atoms with Gasteiger partial charge in [-0.05, 0) is 67.3 Å². The number of rotatable bonds is 9. The summed E-state index contributed by atoms with van der Waals surface area (Å²) in [5.74, 6) is -2.00. The Morgan fingerprint density at radius 2 is 1.59 bits per heavy atom. The number of furan rings is 1. The van der Waals surface area contributed by atoms with Crippen LogP contribution in [0.25, 0.3) is 22.1 Å². The number of phenols is 1. The molecule has 4 rings (SSSR count). The van der Waals surface area contributed by atoms with Crippen LogP contribution >= 0.6 is 0 Å². The van der Waals surface area contributed by atoms with Crippen molar-refractivity contribution < 1.29 is 37.4 Å². The molecule has 0 radical (unpaired) electrons. The normalized spacial score (nSPS) is 12.7. The summed E-state index contributed by atoms with van der Waals surface area (Å²) in [5, 5.41) is 13.6. The van der Waals surface area contributed by atoms with Gasteiger partial charge >= 0.3 is 5.97 Å². The minimum absolute atomic E-state index is 0.0163. The first kappa shape index (κ1) is 29.5. The zero-order valence-electron chi connectivity index (χ0n) is 23.1. The van der Waals surface area contributed by atoms with Gasteiger partial charge in [0.15, 0.2) is 11.5 Å². The predicted molar refractivity (Wildman–Crippen MR) is 154 cm³/mol. The number of methoxy groups -OCH3 is 1. The fraction of sp³-hybridized carbons (Fsp3) is 0.233. The number of aryl methyl sites for hydroxylation is 1. The lowest BCUT2D eigenvalue weighted by Gasteiger charge is -2.35. The summed E-state index contributed by atoms with van der Waals surface area (Å²) >= 11 is -2.71. The number of benzene rings is 3. The zero-order valence-corrected chi connectivity index (χ0v) is 23.9. The molecular weight excluding hydrogens is 548 g/mol. The second kappa shape index (κ2) is 11.9. The number of amides is 1. The number of fused-ring (bicyclic) bond motifs is 1. The molecule has 0 saturated carbocycles. The fourth-order valence-corrected chi connectivity index (χ4v) is 5.46. The van der Waals surface area contributed by atoms with Crippen LogP contribution in [0.5, 0.6) is 5.75 Å². The zero-order chi connectivity index (χ0) is 30.0. The quantitative estimate of drug-likeness (QED) is 0.153. The summed E-state index contributed by atoms with van der Waals surface area (Å²) in [4.78, 5) is 37.0. The van der Waals surface area contributed by atoms with Gasteiger partial charge < -0.3 is 24.1 Å². The number of aromatic hydroxyl groups is 1. The number of ether oxygens (including phenoxy) is 1. The number of carbonyl (C=O) groups is 3. The van der Waals surface area contributed by atoms with E-state index in [-0.39, 0.29) is 28.8 Å². The predicted octanol–water partition coefficient (Wildman–Crippen LogP) is 5.37. The van der Waals surface area contributed by atoms with Crippen molar-refractivity contribution in [1.82, 2.24) is 0 Å². The Balaban J connectivity index is 1.53. The van der Waals surface area contributed by atoms with Crippen LogP contribution in [0.2, 0.25) is 0 Å². The molecule has 3 aromatic carbocycles. The maximum Gasteiger partial charge on any atom is 0.329 e. The second-order valence-electron chi connectivity index (χ2n) is 9.78. The number of anilines is 2. The number of ketones is 1. The summed E-state index contributed by atoms with van der Waals surface area (Å²) in [6.45, 7) is 6.45. The molecule has 1 heterocycles. The van der Waals surface area contributed by atoms with E-state index in [1.54, 1.807) is 75.4 Å². The van der Waals surface area contributed by atoms with Gasteiger partial charge in [-0.25, -0.2) is 4.79 Å². The lowest BCUT2D eigenvalue weighted by Crippen LogP contribution is -2.46. The molecule has 1 amide bonds. The van der Waals surface area contributed by atoms with Gasteiger partial charge in [-0.15, -0.1) is 0 Å². The van der Waals surface area contributed by atoms with Gasteiger partial charge in [0.1, 0.15) is 17.4 Å². The first-order chi connectivity index (χ1) is 19.4. The summed E-state index contributed by atoms with van der Waals surface area (Å²) in [6.07, 6.45) is 0. The molecule has 2 atom stereocenters. The molecule has 2 N–H and O–H groups in total. The summed E-state index contributed by atoms with van der Waals surface area (Å²) in [7, 11) is 1.21. The fourth-order valence-electron chi connectivity index (χ4n) is 4.65. The highest BCUT2D eigenvalue weighted by Gasteiger charge is 2.31. The van der Waals surface area contributed by atoms with Crippen LogP contribution in [0.1, 0.15) is 47.2 Å². The van der Waals surface area contributed by atoms with Crippen molar-refractivity contribution in [3.8, 4) is 16.9 Å². The van der Waals surface area contributed by atoms with Crippen LogP contribution in [-0.2, 0) is 20.8 Å². The highest BCUT2D eigenvalue weighted by Crippen LogP contribution is 2.36. The smallest absolute Gasteiger partial charge is 0.329 e. The monoisotopic (exact) mass is 577 g/mol. The van der Waals surface area contributed by atoms with E-state index in [2.05, 4.69) is 5.32 Å². The Hall–Kier alpha value is -4.48. The summed E-state index contributed by atoms with van der Waals surface area (Å²) in [6, 6.07) is 15.7. The van der Waals surface area contributed by atoms with Gasteiger partial charge in [-0.3, -0.25) is 18.1 Å². The van der Waals surface area contributed by atoms with Crippen molar-refractivity contribution in [3.63, 3.8) is 0 Å². The van der Waals surface area contributed by atoms with E-state index in [0.717, 1.165) is 15.4 Å². The Labute approximate surface area is 239 Å². The molecule has 11 heteroatoms. The number of hydrogen-bond donors (Lipinski definition) is 2. The van der Waals surface area contributed by atoms with Crippen molar-refractivity contribution in [3.05, 3.63) is 77.6 Å². The number of hydrogen-bond acceptors (Lipinski definition) is 8. The highest BCUT2D eigenvalue weighted by molar-refractivity contribution is 7.80. The third-order valence-corrected chi connectivity index (χ3v) is 7.50. The maximum absolute atomic E-state index is 13.0. The number of phenolic OH excluding ortho intramolecular Hbond substituents is 1. The van der Waals surface area contributed by atoms with Crippen molar-refractivity contribution >= 4 is 51.3 Å². The third kappa shape index (κ3) is 5.86. The molecule has 0 aliphatic heterocycles. The lowest BCUT2D eigenvalue weighted by atomic mass is 10.0. The third-order valence-electron chi connectivity index (χ3n) is 6.74. The largest absolute Gasteiger partial charge is 0.755 e. The maximum atomic E-state index is 13.0. The van der Waals surface area contributed by atoms with E-state index in [4.69, 9.17) is 9.15 Å². The van der Waals surface area contributed by atoms with Crippen LogP contribution in [-0.4, -0.2) is 44.7 Å². The number of nitrogens with one attached hydrogen (secondary N) is 1. The molecule has 4 aromatic rings. The molecule has 214 valence electrons. The van der Waals surface area contributed by atoms with Crippen LogP contribution in [0.15, 0.2) is 65.1 Å². The molecule has 0 fully saturated rings. The Morgan fingerprint density at radius 3 is 2.10 bits per heavy atom. The molecule has 0 saturated heterocycles. The van der Waals surface area contributed by atoms with E-state index in [9.17, 15) is 28.3 Å². The van der Waals surface area contributed by atoms with Crippen LogP contribution in [0, 0.1) is 12.8 Å². The molecule has 10 nitrogen and oxygen atoms in total. The highest BCUT2D eigenvalue weighted by atomic mass is 32.2. The molecule has 1 aromatic heterocycles. The van der Waals surface area contributed by atoms with E-state index < -0.39 is 29.2 Å². The number of nitrogens with zero attached hydrogens (tertiary/aromatic N) is 1. The molecule has 0 aliphatic carbocycles. The van der Waals surface area contributed by atoms with E-state index in [1.807, 2.05) is 0 Å². The van der Waals surface area contributed by atoms with Crippen LogP contribution < -0.4 is 9.62 Å². The average Bonchev–Trinajstić information content (AvgIpc) is 3.28. The molecule has 0 bridgehead atoms. The van der Waals surface area contributed by atoms with E-state index in [0.29, 0.717) is 27.9 Å². The first-order valence-corrected chi connectivity index (χ1v) is 13.7. The van der Waals surface area contributed by atoms with Gasteiger partial charge in [-0.2, -0.15) is 0 Å². The van der Waals surface area contributed by atoms with Gasteiger partial charge in [0.25, 0.3) is 5.91 Å². The molecule has 0 aliphatic rings. The van der Waals surface area contributed by atoms with Crippen molar-refractivity contribution in [2.24, 2.45) is 5.92 Å². The van der Waals surface area contributed by atoms with Crippen LogP contribution in [0.4, 0.5) is 11.4 Å². The first-order valence-electron chi connectivity index (χ1n) is 12.7. The molecule has 0 spiro atoms. The van der Waals surface area contributed by atoms with Crippen molar-refractivity contribution in [1.29, 1.82) is 0 Å².